The minimum Gasteiger partial charge on any atom is -0.472 e. The third-order valence-electron chi connectivity index (χ3n) is 9.17. The number of aromatic nitrogens is 2. The molecule has 0 fully saturated rings. The van der Waals surface area contributed by atoms with E-state index in [9.17, 15) is 0 Å². The molecular formula is C42H20IrN2O4-2. The van der Waals surface area contributed by atoms with E-state index in [0.717, 1.165) is 110 Å². The van der Waals surface area contributed by atoms with Crippen LogP contribution in [0.15, 0.2) is 139 Å². The number of pyridine rings is 2. The first kappa shape index (κ1) is 28.0. The van der Waals surface area contributed by atoms with E-state index >= 15 is 0 Å². The summed E-state index contributed by atoms with van der Waals surface area (Å²) in [6.45, 7) is 0. The smallest absolute Gasteiger partial charge is 0.130 e. The first-order valence-corrected chi connectivity index (χ1v) is 15.7. The summed E-state index contributed by atoms with van der Waals surface area (Å²) in [6, 6.07) is 42.8. The molecule has 6 aromatic heterocycles. The Labute approximate surface area is 289 Å². The second-order valence-corrected chi connectivity index (χ2v) is 11.9. The fourth-order valence-corrected chi connectivity index (χ4v) is 7.15. The third-order valence-corrected chi connectivity index (χ3v) is 9.17. The number of hydrogen-bond acceptors (Lipinski definition) is 6. The van der Waals surface area contributed by atoms with Crippen molar-refractivity contribution in [3.05, 3.63) is 134 Å². The molecule has 49 heavy (non-hydrogen) atoms. The van der Waals surface area contributed by atoms with E-state index in [0.29, 0.717) is 0 Å². The maximum atomic E-state index is 6.21. The molecule has 0 aliphatic heterocycles. The van der Waals surface area contributed by atoms with Crippen LogP contribution in [0.3, 0.4) is 0 Å². The van der Waals surface area contributed by atoms with Crippen molar-refractivity contribution in [1.29, 1.82) is 0 Å². The van der Waals surface area contributed by atoms with Gasteiger partial charge in [0.25, 0.3) is 0 Å². The summed E-state index contributed by atoms with van der Waals surface area (Å²) >= 11 is 0. The molecule has 0 saturated carbocycles. The summed E-state index contributed by atoms with van der Waals surface area (Å²) in [5.74, 6) is 0. The predicted molar refractivity (Wildman–Crippen MR) is 190 cm³/mol. The zero-order valence-electron chi connectivity index (χ0n) is 25.4. The Morgan fingerprint density at radius 1 is 0.388 bits per heavy atom. The second-order valence-electron chi connectivity index (χ2n) is 11.9. The van der Waals surface area contributed by atoms with Gasteiger partial charge in [0.15, 0.2) is 0 Å². The Morgan fingerprint density at radius 2 is 0.796 bits per heavy atom. The van der Waals surface area contributed by atoms with Crippen LogP contribution >= 0.6 is 0 Å². The molecule has 0 unspecified atom stereocenters. The normalized spacial score (nSPS) is 11.9. The average molecular weight is 809 g/mol. The standard InChI is InChI=1S/2C21H10NO2.Ir/c2*1-2-6-13-12(5-1)11-14-18-19-15(7-3-8-16(19)24-21(13)18)23-17-9-4-10-22-20(14)17;/h2*1-10H;/q2*-1;. The monoisotopic (exact) mass is 809 g/mol. The van der Waals surface area contributed by atoms with E-state index < -0.39 is 0 Å². The van der Waals surface area contributed by atoms with E-state index in [2.05, 4.69) is 34.2 Å². The quantitative estimate of drug-likeness (QED) is 0.142. The van der Waals surface area contributed by atoms with Crippen molar-refractivity contribution in [2.24, 2.45) is 0 Å². The molecule has 6 nitrogen and oxygen atoms in total. The van der Waals surface area contributed by atoms with Crippen LogP contribution in [0.5, 0.6) is 0 Å². The van der Waals surface area contributed by atoms with Gasteiger partial charge in [-0.25, -0.2) is 0 Å². The number of benzene rings is 6. The predicted octanol–water partition coefficient (Wildman–Crippen LogP) is 11.7. The molecule has 6 heterocycles. The largest absolute Gasteiger partial charge is 0.472 e. The van der Waals surface area contributed by atoms with Gasteiger partial charge in [-0.3, -0.25) is 9.97 Å². The van der Waals surface area contributed by atoms with Crippen molar-refractivity contribution < 1.29 is 37.8 Å². The van der Waals surface area contributed by atoms with Gasteiger partial charge in [-0.05, 0) is 70.1 Å². The topological polar surface area (TPSA) is 78.3 Å². The van der Waals surface area contributed by atoms with E-state index in [1.807, 2.05) is 97.1 Å². The van der Waals surface area contributed by atoms with Crippen LogP contribution in [-0.2, 0) is 20.1 Å². The maximum Gasteiger partial charge on any atom is 0.130 e. The molecule has 0 saturated heterocycles. The molecule has 0 spiro atoms. The Morgan fingerprint density at radius 3 is 1.27 bits per heavy atom. The molecule has 0 atom stereocenters. The summed E-state index contributed by atoms with van der Waals surface area (Å²) in [7, 11) is 0. The Balaban J connectivity index is 0.000000122. The zero-order valence-corrected chi connectivity index (χ0v) is 27.8. The van der Waals surface area contributed by atoms with Crippen molar-refractivity contribution in [2.75, 3.05) is 0 Å². The number of rotatable bonds is 0. The van der Waals surface area contributed by atoms with Gasteiger partial charge >= 0.3 is 0 Å². The summed E-state index contributed by atoms with van der Waals surface area (Å²) in [5.41, 5.74) is 8.05. The first-order valence-electron chi connectivity index (χ1n) is 15.7. The molecule has 1 radical (unpaired) electrons. The molecular weight excluding hydrogens is 789 g/mol. The summed E-state index contributed by atoms with van der Waals surface area (Å²) in [4.78, 5) is 9.13. The van der Waals surface area contributed by atoms with Crippen LogP contribution < -0.4 is 0 Å². The summed E-state index contributed by atoms with van der Waals surface area (Å²) < 4.78 is 24.7. The van der Waals surface area contributed by atoms with Crippen molar-refractivity contribution in [1.82, 2.24) is 9.97 Å². The third kappa shape index (κ3) is 3.97. The van der Waals surface area contributed by atoms with Crippen molar-refractivity contribution in [2.45, 2.75) is 0 Å². The van der Waals surface area contributed by atoms with Crippen molar-refractivity contribution in [3.8, 4) is 0 Å². The van der Waals surface area contributed by atoms with Crippen LogP contribution in [0, 0.1) is 12.1 Å². The molecule has 12 aromatic rings. The van der Waals surface area contributed by atoms with Gasteiger partial charge in [0, 0.05) is 54.3 Å². The molecule has 0 N–H and O–H groups in total. The van der Waals surface area contributed by atoms with Gasteiger partial charge < -0.3 is 17.7 Å². The van der Waals surface area contributed by atoms with Crippen LogP contribution in [0.25, 0.3) is 110 Å². The fourth-order valence-electron chi connectivity index (χ4n) is 7.15. The zero-order chi connectivity index (χ0) is 31.3. The first-order chi connectivity index (χ1) is 23.8. The van der Waals surface area contributed by atoms with Crippen LogP contribution in [0.2, 0.25) is 0 Å². The van der Waals surface area contributed by atoms with Crippen molar-refractivity contribution in [3.63, 3.8) is 0 Å². The molecule has 0 bridgehead atoms. The Bertz CT molecular complexity index is 3040. The second kappa shape index (κ2) is 10.5. The Kier molecular flexibility index (Phi) is 6.01. The molecule has 233 valence electrons. The summed E-state index contributed by atoms with van der Waals surface area (Å²) in [6.07, 6.45) is 3.56. The van der Waals surface area contributed by atoms with E-state index in [1.165, 1.54) is 0 Å². The van der Waals surface area contributed by atoms with Gasteiger partial charge in [0.2, 0.25) is 0 Å². The number of nitrogens with zero attached hydrogens (tertiary/aromatic N) is 2. The Hall–Kier alpha value is -6.01. The average Bonchev–Trinajstić information content (AvgIpc) is 3.65. The van der Waals surface area contributed by atoms with Gasteiger partial charge in [0.05, 0.1) is 11.2 Å². The number of fused-ring (bicyclic) bond motifs is 8. The number of furan rings is 2. The summed E-state index contributed by atoms with van der Waals surface area (Å²) in [5, 5.41) is 10.0. The molecule has 6 aromatic carbocycles. The van der Waals surface area contributed by atoms with Gasteiger partial charge in [-0.1, -0.05) is 59.3 Å². The number of hydrogen-bond donors (Lipinski definition) is 0. The van der Waals surface area contributed by atoms with Crippen LogP contribution in [0.4, 0.5) is 0 Å². The minimum absolute atomic E-state index is 0. The maximum absolute atomic E-state index is 6.21. The van der Waals surface area contributed by atoms with Crippen LogP contribution in [0.1, 0.15) is 0 Å². The SMILES string of the molecule is [Ir].[c-]1c2ccccc2c2oc3cccc4oc5cccnc5c1c2c43.[c-]1c2ccccc2c2oc3cccc4oc5cccnc5c1c2c43. The van der Waals surface area contributed by atoms with E-state index in [1.54, 1.807) is 12.4 Å². The van der Waals surface area contributed by atoms with Crippen LogP contribution in [-0.4, -0.2) is 9.97 Å². The minimum atomic E-state index is 0. The van der Waals surface area contributed by atoms with E-state index in [4.69, 9.17) is 17.7 Å². The molecule has 0 aliphatic rings. The van der Waals surface area contributed by atoms with E-state index in [-0.39, 0.29) is 20.1 Å². The molecule has 12 rings (SSSR count). The fraction of sp³-hybridized carbons (Fsp3) is 0. The van der Waals surface area contributed by atoms with Gasteiger partial charge in [-0.15, -0.1) is 35.0 Å². The van der Waals surface area contributed by atoms with Gasteiger partial charge in [-0.2, -0.15) is 0 Å². The van der Waals surface area contributed by atoms with Gasteiger partial charge in [0.1, 0.15) is 33.5 Å². The molecule has 0 aliphatic carbocycles. The molecule has 7 heteroatoms. The molecule has 0 amide bonds. The van der Waals surface area contributed by atoms with Crippen molar-refractivity contribution >= 4 is 110 Å².